The highest BCUT2D eigenvalue weighted by Gasteiger charge is 2.19. The molecule has 0 N–H and O–H groups in total. The molecule has 0 amide bonds. The van der Waals surface area contributed by atoms with E-state index in [4.69, 9.17) is 0 Å². The lowest BCUT2D eigenvalue weighted by atomic mass is 9.97. The topological polar surface area (TPSA) is 11.4 Å². The minimum atomic E-state index is 1.09. The average Bonchev–Trinajstić information content (AvgIpc) is 1.60. The first-order valence-corrected chi connectivity index (χ1v) is 32.5. The molecule has 0 aliphatic carbocycles. The van der Waals surface area contributed by atoms with Crippen LogP contribution in [0.1, 0.15) is 5.56 Å². The SMILES string of the molecule is C=Cc1ccc(-n2c3ccc(-c4ccc(-c5ccc(N(c6ccc(-c7ccccc7)cc6)c6ccc(-c7ccccc7)cc6)cc5)cc4)cc3c3cc(-c4ccc(-c5ccc(N(c6ccc(-c7ccccc7)cc6)c6ccc(-c7ccccc7)cc6)cc5)cc4)ccc32)cc1. The van der Waals surface area contributed by atoms with Crippen LogP contribution in [0, 0.1) is 0 Å². The summed E-state index contributed by atoms with van der Waals surface area (Å²) in [4.78, 5) is 4.68. The summed E-state index contributed by atoms with van der Waals surface area (Å²) >= 11 is 0. The first kappa shape index (κ1) is 57.6. The lowest BCUT2D eigenvalue weighted by molar-refractivity contribution is 1.18. The van der Waals surface area contributed by atoms with Gasteiger partial charge in [-0.3, -0.25) is 0 Å². The predicted molar refractivity (Wildman–Crippen MR) is 404 cm³/mol. The van der Waals surface area contributed by atoms with Crippen LogP contribution in [-0.4, -0.2) is 4.57 Å². The van der Waals surface area contributed by atoms with Gasteiger partial charge >= 0.3 is 0 Å². The normalized spacial score (nSPS) is 11.2. The second-order valence-electron chi connectivity index (χ2n) is 24.2. The van der Waals surface area contributed by atoms with Crippen molar-refractivity contribution in [3.05, 3.63) is 388 Å². The largest absolute Gasteiger partial charge is 0.311 e. The van der Waals surface area contributed by atoms with E-state index in [0.717, 1.165) is 89.8 Å². The summed E-state index contributed by atoms with van der Waals surface area (Å²) in [6.45, 7) is 4.03. The second kappa shape index (κ2) is 25.6. The molecule has 0 saturated heterocycles. The van der Waals surface area contributed by atoms with Gasteiger partial charge in [0, 0.05) is 50.6 Å². The fourth-order valence-corrected chi connectivity index (χ4v) is 13.4. The Labute approximate surface area is 556 Å². The van der Waals surface area contributed by atoms with Gasteiger partial charge in [0.25, 0.3) is 0 Å². The zero-order chi connectivity index (χ0) is 63.4. The second-order valence-corrected chi connectivity index (χ2v) is 24.2. The Kier molecular flexibility index (Phi) is 15.5. The van der Waals surface area contributed by atoms with Crippen molar-refractivity contribution in [2.45, 2.75) is 0 Å². The molecule has 16 aromatic rings. The quantitative estimate of drug-likeness (QED) is 0.0955. The molecule has 15 aromatic carbocycles. The number of aromatic nitrogens is 1. The number of benzene rings is 15. The Morgan fingerprint density at radius 2 is 0.400 bits per heavy atom. The molecule has 3 heteroatoms. The number of anilines is 6. The van der Waals surface area contributed by atoms with Crippen molar-refractivity contribution in [2.24, 2.45) is 0 Å². The molecule has 0 atom stereocenters. The van der Waals surface area contributed by atoms with E-state index in [1.54, 1.807) is 0 Å². The lowest BCUT2D eigenvalue weighted by Crippen LogP contribution is -2.09. The third-order valence-electron chi connectivity index (χ3n) is 18.4. The van der Waals surface area contributed by atoms with Crippen molar-refractivity contribution in [1.29, 1.82) is 0 Å². The Hall–Kier alpha value is -12.6. The number of fused-ring (bicyclic) bond motifs is 3. The Balaban J connectivity index is 0.682. The minimum Gasteiger partial charge on any atom is -0.311 e. The van der Waals surface area contributed by atoms with Gasteiger partial charge in [-0.2, -0.15) is 0 Å². The van der Waals surface area contributed by atoms with Crippen LogP contribution in [0.4, 0.5) is 34.1 Å². The molecular formula is C92H65N3. The van der Waals surface area contributed by atoms with Gasteiger partial charge in [-0.25, -0.2) is 0 Å². The average molecular weight is 1210 g/mol. The lowest BCUT2D eigenvalue weighted by Gasteiger charge is -2.26. The van der Waals surface area contributed by atoms with Gasteiger partial charge in [0.15, 0.2) is 0 Å². The maximum Gasteiger partial charge on any atom is 0.0541 e. The van der Waals surface area contributed by atoms with E-state index in [1.165, 1.54) is 66.4 Å². The van der Waals surface area contributed by atoms with Gasteiger partial charge in [0.2, 0.25) is 0 Å². The van der Waals surface area contributed by atoms with Crippen LogP contribution in [0.15, 0.2) is 383 Å². The summed E-state index contributed by atoms with van der Waals surface area (Å²) in [5.41, 5.74) is 29.9. The third-order valence-corrected chi connectivity index (χ3v) is 18.4. The summed E-state index contributed by atoms with van der Waals surface area (Å²) in [6, 6.07) is 136. The molecule has 0 unspecified atom stereocenters. The third kappa shape index (κ3) is 11.7. The predicted octanol–water partition coefficient (Wildman–Crippen LogP) is 25.7. The van der Waals surface area contributed by atoms with Gasteiger partial charge in [-0.1, -0.05) is 280 Å². The molecule has 1 aromatic heterocycles. The summed E-state index contributed by atoms with van der Waals surface area (Å²) in [5, 5.41) is 2.40. The van der Waals surface area contributed by atoms with Gasteiger partial charge in [-0.15, -0.1) is 0 Å². The summed E-state index contributed by atoms with van der Waals surface area (Å²) in [5.74, 6) is 0. The van der Waals surface area contributed by atoms with Crippen LogP contribution < -0.4 is 9.80 Å². The maximum atomic E-state index is 4.03. The van der Waals surface area contributed by atoms with E-state index >= 15 is 0 Å². The molecule has 0 fully saturated rings. The monoisotopic (exact) mass is 1210 g/mol. The smallest absolute Gasteiger partial charge is 0.0541 e. The first-order chi connectivity index (χ1) is 47.0. The molecule has 448 valence electrons. The van der Waals surface area contributed by atoms with Crippen LogP contribution in [0.2, 0.25) is 0 Å². The van der Waals surface area contributed by atoms with Crippen LogP contribution in [-0.2, 0) is 0 Å². The molecule has 3 nitrogen and oxygen atoms in total. The van der Waals surface area contributed by atoms with Crippen molar-refractivity contribution >= 4 is 62.0 Å². The van der Waals surface area contributed by atoms with E-state index < -0.39 is 0 Å². The Morgan fingerprint density at radius 3 is 0.632 bits per heavy atom. The molecule has 95 heavy (non-hydrogen) atoms. The molecule has 0 bridgehead atoms. The zero-order valence-electron chi connectivity index (χ0n) is 52.4. The molecule has 1 heterocycles. The molecule has 0 spiro atoms. The zero-order valence-corrected chi connectivity index (χ0v) is 52.4. The number of hydrogen-bond acceptors (Lipinski definition) is 2. The van der Waals surface area contributed by atoms with E-state index in [1.807, 2.05) is 6.08 Å². The number of rotatable bonds is 16. The highest BCUT2D eigenvalue weighted by Crippen LogP contribution is 2.43. The van der Waals surface area contributed by atoms with Crippen LogP contribution >= 0.6 is 0 Å². The Morgan fingerprint density at radius 1 is 0.200 bits per heavy atom. The maximum absolute atomic E-state index is 4.03. The molecule has 0 saturated carbocycles. The van der Waals surface area contributed by atoms with E-state index in [2.05, 4.69) is 397 Å². The fraction of sp³-hybridized carbons (Fsp3) is 0. The van der Waals surface area contributed by atoms with Crippen LogP contribution in [0.25, 0.3) is 123 Å². The summed E-state index contributed by atoms with van der Waals surface area (Å²) in [6.07, 6.45) is 1.90. The van der Waals surface area contributed by atoms with Crippen molar-refractivity contribution < 1.29 is 0 Å². The van der Waals surface area contributed by atoms with Gasteiger partial charge in [-0.05, 0) is 204 Å². The minimum absolute atomic E-state index is 1.09. The molecule has 0 aliphatic heterocycles. The van der Waals surface area contributed by atoms with Crippen molar-refractivity contribution in [3.8, 4) is 94.7 Å². The number of nitrogens with zero attached hydrogens (tertiary/aromatic N) is 3. The summed E-state index contributed by atoms with van der Waals surface area (Å²) < 4.78 is 2.39. The van der Waals surface area contributed by atoms with Crippen LogP contribution in [0.3, 0.4) is 0 Å². The fourth-order valence-electron chi connectivity index (χ4n) is 13.4. The molecule has 0 aliphatic rings. The van der Waals surface area contributed by atoms with Gasteiger partial charge in [0.1, 0.15) is 0 Å². The van der Waals surface area contributed by atoms with E-state index in [-0.39, 0.29) is 0 Å². The molecule has 16 rings (SSSR count). The highest BCUT2D eigenvalue weighted by molar-refractivity contribution is 6.12. The Bertz CT molecular complexity index is 4820. The molecular weight excluding hydrogens is 1150 g/mol. The van der Waals surface area contributed by atoms with Crippen molar-refractivity contribution in [2.75, 3.05) is 9.80 Å². The van der Waals surface area contributed by atoms with E-state index in [9.17, 15) is 0 Å². The summed E-state index contributed by atoms with van der Waals surface area (Å²) in [7, 11) is 0. The highest BCUT2D eigenvalue weighted by atomic mass is 15.1. The van der Waals surface area contributed by atoms with Gasteiger partial charge < -0.3 is 14.4 Å². The standard InChI is InChI=1S/C92H65N3/c1-2-65-23-47-88(48-24-65)95-91-61-45-80(78-29-25-70(26-30-78)76-41-57-86(58-42-76)93(82-49-33-72(34-50-82)66-15-7-3-8-16-66)83-51-35-73(36-52-83)67-17-9-4-10-18-67)63-89(91)90-64-81(46-62-92(90)95)79-31-27-71(28-32-79)77-43-59-87(60-44-77)94(84-53-37-74(38-54-84)68-19-11-5-12-20-68)85-55-39-75(40-56-85)69-21-13-6-14-22-69/h2-64H,1H2. The number of hydrogen-bond donors (Lipinski definition) is 0. The first-order valence-electron chi connectivity index (χ1n) is 32.5. The van der Waals surface area contributed by atoms with E-state index in [0.29, 0.717) is 0 Å². The van der Waals surface area contributed by atoms with Crippen molar-refractivity contribution in [3.63, 3.8) is 0 Å². The van der Waals surface area contributed by atoms with Gasteiger partial charge in [0.05, 0.1) is 11.0 Å². The molecule has 0 radical (unpaired) electrons. The van der Waals surface area contributed by atoms with Crippen LogP contribution in [0.5, 0.6) is 0 Å². The van der Waals surface area contributed by atoms with Crippen molar-refractivity contribution in [1.82, 2.24) is 4.57 Å².